The summed E-state index contributed by atoms with van der Waals surface area (Å²) in [6.45, 7) is 14.5. The Morgan fingerprint density at radius 1 is 1.29 bits per heavy atom. The second-order valence-electron chi connectivity index (χ2n) is 5.43. The molecule has 2 nitrogen and oxygen atoms in total. The van der Waals surface area contributed by atoms with Gasteiger partial charge in [0, 0.05) is 24.5 Å². The Kier molecular flexibility index (Phi) is 5.76. The number of rotatable bonds is 7. The fourth-order valence-corrected chi connectivity index (χ4v) is 2.22. The number of nitrogens with zero attached hydrogens (tertiary/aromatic N) is 1. The fraction of sp³-hybridized carbons (Fsp3) is 0.733. The molecule has 2 heteroatoms. The zero-order valence-corrected chi connectivity index (χ0v) is 12.1. The number of hydrogen-bond acceptors (Lipinski definition) is 1. The molecular formula is C15H28N2. The molecule has 17 heavy (non-hydrogen) atoms. The van der Waals surface area contributed by atoms with E-state index >= 15 is 0 Å². The van der Waals surface area contributed by atoms with E-state index in [1.807, 2.05) is 0 Å². The molecule has 98 valence electrons. The second kappa shape index (κ2) is 6.85. The van der Waals surface area contributed by atoms with Crippen LogP contribution in [0.1, 0.15) is 50.6 Å². The van der Waals surface area contributed by atoms with Gasteiger partial charge in [-0.05, 0) is 44.4 Å². The Bertz CT molecular complexity index is 337. The standard InChI is InChI=1S/C15H28N2/c1-6-7-8-16-10-15-9-13(4)17(14(15)5)11-12(2)3/h9,12,16H,6-8,10-11H2,1-5H3. The summed E-state index contributed by atoms with van der Waals surface area (Å²) in [5.41, 5.74) is 4.28. The lowest BCUT2D eigenvalue weighted by Gasteiger charge is -2.12. The van der Waals surface area contributed by atoms with Crippen LogP contribution in [0.5, 0.6) is 0 Å². The lowest BCUT2D eigenvalue weighted by Crippen LogP contribution is -2.15. The number of nitrogens with one attached hydrogen (secondary N) is 1. The van der Waals surface area contributed by atoms with Gasteiger partial charge in [0.15, 0.2) is 0 Å². The molecule has 0 aliphatic carbocycles. The van der Waals surface area contributed by atoms with Crippen LogP contribution in [0.15, 0.2) is 6.07 Å². The van der Waals surface area contributed by atoms with E-state index in [0.717, 1.165) is 19.6 Å². The van der Waals surface area contributed by atoms with Crippen LogP contribution < -0.4 is 5.32 Å². The van der Waals surface area contributed by atoms with E-state index in [2.05, 4.69) is 50.6 Å². The number of unbranched alkanes of at least 4 members (excludes halogenated alkanes) is 1. The maximum absolute atomic E-state index is 3.52. The number of aromatic nitrogens is 1. The molecule has 0 aliphatic rings. The van der Waals surface area contributed by atoms with Gasteiger partial charge in [-0.2, -0.15) is 0 Å². The molecule has 0 unspecified atom stereocenters. The van der Waals surface area contributed by atoms with Crippen LogP contribution in [-0.4, -0.2) is 11.1 Å². The van der Waals surface area contributed by atoms with Crippen LogP contribution in [0, 0.1) is 19.8 Å². The molecule has 0 radical (unpaired) electrons. The van der Waals surface area contributed by atoms with Gasteiger partial charge in [-0.25, -0.2) is 0 Å². The largest absolute Gasteiger partial charge is 0.349 e. The first kappa shape index (κ1) is 14.3. The average molecular weight is 236 g/mol. The number of hydrogen-bond donors (Lipinski definition) is 1. The van der Waals surface area contributed by atoms with Crippen molar-refractivity contribution in [1.29, 1.82) is 0 Å². The molecular weight excluding hydrogens is 208 g/mol. The quantitative estimate of drug-likeness (QED) is 0.715. The fourth-order valence-electron chi connectivity index (χ4n) is 2.22. The van der Waals surface area contributed by atoms with Gasteiger partial charge in [-0.3, -0.25) is 0 Å². The minimum Gasteiger partial charge on any atom is -0.349 e. The van der Waals surface area contributed by atoms with E-state index in [0.29, 0.717) is 5.92 Å². The summed E-state index contributed by atoms with van der Waals surface area (Å²) in [6.07, 6.45) is 2.53. The summed E-state index contributed by atoms with van der Waals surface area (Å²) in [4.78, 5) is 0. The summed E-state index contributed by atoms with van der Waals surface area (Å²) >= 11 is 0. The first-order valence-corrected chi connectivity index (χ1v) is 6.92. The molecule has 0 aliphatic heterocycles. The molecule has 0 saturated heterocycles. The van der Waals surface area contributed by atoms with Crippen molar-refractivity contribution in [3.8, 4) is 0 Å². The minimum atomic E-state index is 0.709. The van der Waals surface area contributed by atoms with Gasteiger partial charge in [0.1, 0.15) is 0 Å². The van der Waals surface area contributed by atoms with Crippen LogP contribution in [0.4, 0.5) is 0 Å². The van der Waals surface area contributed by atoms with Gasteiger partial charge < -0.3 is 9.88 Å². The van der Waals surface area contributed by atoms with Crippen molar-refractivity contribution in [2.75, 3.05) is 6.54 Å². The molecule has 1 heterocycles. The van der Waals surface area contributed by atoms with Gasteiger partial charge in [-0.1, -0.05) is 27.2 Å². The van der Waals surface area contributed by atoms with Gasteiger partial charge in [0.25, 0.3) is 0 Å². The first-order chi connectivity index (χ1) is 8.06. The van der Waals surface area contributed by atoms with Gasteiger partial charge in [0.05, 0.1) is 0 Å². The predicted octanol–water partition coefficient (Wildman–Crippen LogP) is 3.65. The summed E-state index contributed by atoms with van der Waals surface area (Å²) in [7, 11) is 0. The van der Waals surface area contributed by atoms with Crippen LogP contribution in [0.2, 0.25) is 0 Å². The molecule has 0 atom stereocenters. The van der Waals surface area contributed by atoms with Crippen molar-refractivity contribution in [3.05, 3.63) is 23.0 Å². The molecule has 1 rings (SSSR count). The molecule has 0 amide bonds. The van der Waals surface area contributed by atoms with Gasteiger partial charge in [0.2, 0.25) is 0 Å². The zero-order chi connectivity index (χ0) is 12.8. The molecule has 0 saturated carbocycles. The third-order valence-electron chi connectivity index (χ3n) is 3.25. The highest BCUT2D eigenvalue weighted by atomic mass is 15.0. The lowest BCUT2D eigenvalue weighted by atomic mass is 10.2. The van der Waals surface area contributed by atoms with Crippen molar-refractivity contribution in [1.82, 2.24) is 9.88 Å². The Labute approximate surface area is 106 Å². The molecule has 1 aromatic heterocycles. The summed E-state index contributed by atoms with van der Waals surface area (Å²) < 4.78 is 2.45. The average Bonchev–Trinajstić information content (AvgIpc) is 2.52. The third-order valence-corrected chi connectivity index (χ3v) is 3.25. The summed E-state index contributed by atoms with van der Waals surface area (Å²) in [6, 6.07) is 2.33. The molecule has 0 fully saturated rings. The van der Waals surface area contributed by atoms with Crippen LogP contribution in [-0.2, 0) is 13.1 Å². The molecule has 1 aromatic rings. The van der Waals surface area contributed by atoms with E-state index < -0.39 is 0 Å². The highest BCUT2D eigenvalue weighted by molar-refractivity contribution is 5.26. The Balaban J connectivity index is 2.61. The van der Waals surface area contributed by atoms with Crippen molar-refractivity contribution < 1.29 is 0 Å². The second-order valence-corrected chi connectivity index (χ2v) is 5.43. The summed E-state index contributed by atoms with van der Waals surface area (Å²) in [5.74, 6) is 0.709. The number of aryl methyl sites for hydroxylation is 1. The highest BCUT2D eigenvalue weighted by Crippen LogP contribution is 2.16. The van der Waals surface area contributed by atoms with Crippen LogP contribution >= 0.6 is 0 Å². The third kappa shape index (κ3) is 4.19. The maximum atomic E-state index is 3.52. The molecule has 1 N–H and O–H groups in total. The van der Waals surface area contributed by atoms with Crippen LogP contribution in [0.3, 0.4) is 0 Å². The maximum Gasteiger partial charge on any atom is 0.0247 e. The molecule has 0 bridgehead atoms. The van der Waals surface area contributed by atoms with E-state index in [-0.39, 0.29) is 0 Å². The molecule has 0 aromatic carbocycles. The van der Waals surface area contributed by atoms with E-state index in [1.165, 1.54) is 29.8 Å². The van der Waals surface area contributed by atoms with Crippen molar-refractivity contribution in [2.45, 2.75) is 60.5 Å². The Hall–Kier alpha value is -0.760. The monoisotopic (exact) mass is 236 g/mol. The summed E-state index contributed by atoms with van der Waals surface area (Å²) in [5, 5.41) is 3.52. The van der Waals surface area contributed by atoms with Crippen molar-refractivity contribution in [3.63, 3.8) is 0 Å². The van der Waals surface area contributed by atoms with Crippen LogP contribution in [0.25, 0.3) is 0 Å². The van der Waals surface area contributed by atoms with Crippen molar-refractivity contribution in [2.24, 2.45) is 5.92 Å². The topological polar surface area (TPSA) is 17.0 Å². The Morgan fingerprint density at radius 3 is 2.59 bits per heavy atom. The minimum absolute atomic E-state index is 0.709. The highest BCUT2D eigenvalue weighted by Gasteiger charge is 2.09. The smallest absolute Gasteiger partial charge is 0.0247 e. The first-order valence-electron chi connectivity index (χ1n) is 6.92. The van der Waals surface area contributed by atoms with Gasteiger partial charge in [-0.15, -0.1) is 0 Å². The van der Waals surface area contributed by atoms with E-state index in [9.17, 15) is 0 Å². The van der Waals surface area contributed by atoms with Crippen molar-refractivity contribution >= 4 is 0 Å². The zero-order valence-electron chi connectivity index (χ0n) is 12.1. The van der Waals surface area contributed by atoms with E-state index in [1.54, 1.807) is 0 Å². The van der Waals surface area contributed by atoms with Gasteiger partial charge >= 0.3 is 0 Å². The normalized spacial score (nSPS) is 11.4. The molecule has 0 spiro atoms. The SMILES string of the molecule is CCCCNCc1cc(C)n(CC(C)C)c1C. The van der Waals surface area contributed by atoms with E-state index in [4.69, 9.17) is 0 Å². The lowest BCUT2D eigenvalue weighted by molar-refractivity contribution is 0.507. The Morgan fingerprint density at radius 2 is 2.00 bits per heavy atom. The predicted molar refractivity (Wildman–Crippen MR) is 75.4 cm³/mol.